The van der Waals surface area contributed by atoms with Crippen LogP contribution in [-0.2, 0) is 10.0 Å². The Morgan fingerprint density at radius 3 is 2.00 bits per heavy atom. The van der Waals surface area contributed by atoms with Gasteiger partial charge < -0.3 is 4.90 Å². The minimum atomic E-state index is -3.43. The second kappa shape index (κ2) is 7.38. The maximum absolute atomic E-state index is 12.6. The smallest absolute Gasteiger partial charge is 0.241 e. The van der Waals surface area contributed by atoms with Gasteiger partial charge in [-0.05, 0) is 83.4 Å². The minimum absolute atomic E-state index is 0.451. The number of unbranched alkanes of at least 4 members (excludes halogenated alkanes) is 1. The number of aryl methyl sites for hydroxylation is 2. The van der Waals surface area contributed by atoms with Gasteiger partial charge in [0.2, 0.25) is 10.0 Å². The summed E-state index contributed by atoms with van der Waals surface area (Å²) in [5, 5.41) is 0. The van der Waals surface area contributed by atoms with E-state index in [1.807, 2.05) is 47.9 Å². The van der Waals surface area contributed by atoms with Crippen molar-refractivity contribution >= 4 is 10.0 Å². The van der Waals surface area contributed by atoms with Crippen molar-refractivity contribution in [3.8, 4) is 0 Å². The van der Waals surface area contributed by atoms with Crippen LogP contribution in [0.25, 0.3) is 0 Å². The molecule has 0 unspecified atom stereocenters. The van der Waals surface area contributed by atoms with Crippen LogP contribution in [0.1, 0.15) is 35.1 Å². The highest BCUT2D eigenvalue weighted by Gasteiger charge is 2.21. The van der Waals surface area contributed by atoms with Crippen molar-refractivity contribution < 1.29 is 8.42 Å². The van der Waals surface area contributed by atoms with Gasteiger partial charge in [-0.2, -0.15) is 0 Å². The lowest BCUT2D eigenvalue weighted by molar-refractivity contribution is 0.394. The monoisotopic (exact) mass is 312 g/mol. The molecule has 1 rings (SSSR count). The molecule has 0 saturated heterocycles. The molecular formula is C16H28N2O2S. The van der Waals surface area contributed by atoms with Crippen molar-refractivity contribution in [2.24, 2.45) is 0 Å². The van der Waals surface area contributed by atoms with E-state index in [-0.39, 0.29) is 0 Å². The van der Waals surface area contributed by atoms with Crippen molar-refractivity contribution in [3.63, 3.8) is 0 Å². The van der Waals surface area contributed by atoms with Gasteiger partial charge >= 0.3 is 0 Å². The highest BCUT2D eigenvalue weighted by atomic mass is 32.2. The fourth-order valence-electron chi connectivity index (χ4n) is 2.42. The molecule has 0 amide bonds. The molecule has 0 fully saturated rings. The van der Waals surface area contributed by atoms with E-state index in [0.29, 0.717) is 11.4 Å². The van der Waals surface area contributed by atoms with Gasteiger partial charge in [0, 0.05) is 6.54 Å². The number of benzene rings is 1. The summed E-state index contributed by atoms with van der Waals surface area (Å²) in [6, 6.07) is 2.04. The van der Waals surface area contributed by atoms with Crippen LogP contribution in [0.3, 0.4) is 0 Å². The van der Waals surface area contributed by atoms with E-state index in [4.69, 9.17) is 0 Å². The number of rotatable bonds is 7. The summed E-state index contributed by atoms with van der Waals surface area (Å²) in [5.41, 5.74) is 3.73. The summed E-state index contributed by atoms with van der Waals surface area (Å²) in [4.78, 5) is 2.56. The van der Waals surface area contributed by atoms with Gasteiger partial charge in [-0.3, -0.25) is 0 Å². The average molecular weight is 312 g/mol. The molecule has 1 N–H and O–H groups in total. The van der Waals surface area contributed by atoms with Crippen molar-refractivity contribution in [1.82, 2.24) is 9.62 Å². The Hall–Kier alpha value is -0.910. The molecule has 0 spiro atoms. The second-order valence-electron chi connectivity index (χ2n) is 6.00. The van der Waals surface area contributed by atoms with Crippen LogP contribution in [0, 0.1) is 27.7 Å². The molecule has 0 saturated carbocycles. The van der Waals surface area contributed by atoms with Crippen LogP contribution >= 0.6 is 0 Å². The molecule has 120 valence electrons. The predicted octanol–water partition coefficient (Wildman–Crippen LogP) is 2.54. The normalized spacial score (nSPS) is 12.1. The Balaban J connectivity index is 2.84. The molecule has 21 heavy (non-hydrogen) atoms. The average Bonchev–Trinajstić information content (AvgIpc) is 2.35. The lowest BCUT2D eigenvalue weighted by Crippen LogP contribution is -2.27. The SMILES string of the molecule is Cc1cc(C)c(C)c(S(=O)(=O)NCCCCN(C)C)c1C. The first-order valence-corrected chi connectivity index (χ1v) is 8.87. The Morgan fingerprint density at radius 2 is 1.52 bits per heavy atom. The van der Waals surface area contributed by atoms with E-state index in [2.05, 4.69) is 9.62 Å². The first-order chi connectivity index (χ1) is 9.66. The molecular weight excluding hydrogens is 284 g/mol. The van der Waals surface area contributed by atoms with Gasteiger partial charge in [-0.1, -0.05) is 6.07 Å². The van der Waals surface area contributed by atoms with Crippen molar-refractivity contribution in [2.45, 2.75) is 45.4 Å². The molecule has 0 radical (unpaired) electrons. The lowest BCUT2D eigenvalue weighted by atomic mass is 10.0. The van der Waals surface area contributed by atoms with Crippen LogP contribution in [0.4, 0.5) is 0 Å². The zero-order valence-electron chi connectivity index (χ0n) is 14.1. The molecule has 0 aliphatic rings. The van der Waals surface area contributed by atoms with E-state index in [0.717, 1.165) is 41.6 Å². The minimum Gasteiger partial charge on any atom is -0.309 e. The van der Waals surface area contributed by atoms with E-state index in [9.17, 15) is 8.42 Å². The number of nitrogens with zero attached hydrogens (tertiary/aromatic N) is 1. The Morgan fingerprint density at radius 1 is 1.00 bits per heavy atom. The standard InChI is InChI=1S/C16H28N2O2S/c1-12-11-13(2)15(4)16(14(12)3)21(19,20)17-9-7-8-10-18(5)6/h11,17H,7-10H2,1-6H3. The van der Waals surface area contributed by atoms with Crippen LogP contribution in [0.2, 0.25) is 0 Å². The Labute approximate surface area is 129 Å². The van der Waals surface area contributed by atoms with Gasteiger partial charge in [0.15, 0.2) is 0 Å². The Kier molecular flexibility index (Phi) is 6.38. The summed E-state index contributed by atoms with van der Waals surface area (Å²) in [5.74, 6) is 0. The van der Waals surface area contributed by atoms with Gasteiger partial charge in [0.05, 0.1) is 4.90 Å². The zero-order chi connectivity index (χ0) is 16.2. The molecule has 4 nitrogen and oxygen atoms in total. The summed E-state index contributed by atoms with van der Waals surface area (Å²) >= 11 is 0. The van der Waals surface area contributed by atoms with Crippen molar-refractivity contribution in [3.05, 3.63) is 28.3 Å². The first-order valence-electron chi connectivity index (χ1n) is 7.38. The molecule has 1 aromatic carbocycles. The van der Waals surface area contributed by atoms with Crippen molar-refractivity contribution in [1.29, 1.82) is 0 Å². The molecule has 1 aromatic rings. The van der Waals surface area contributed by atoms with E-state index in [1.54, 1.807) is 0 Å². The van der Waals surface area contributed by atoms with E-state index < -0.39 is 10.0 Å². The first kappa shape index (κ1) is 18.1. The Bertz CT molecular complexity index is 567. The molecule has 5 heteroatoms. The maximum atomic E-state index is 12.6. The molecule has 0 atom stereocenters. The molecule has 0 heterocycles. The lowest BCUT2D eigenvalue weighted by Gasteiger charge is -2.16. The number of sulfonamides is 1. The molecule has 0 aliphatic heterocycles. The summed E-state index contributed by atoms with van der Waals surface area (Å²) in [7, 11) is 0.610. The number of nitrogens with one attached hydrogen (secondary N) is 1. The third kappa shape index (κ3) is 4.80. The maximum Gasteiger partial charge on any atom is 0.241 e. The van der Waals surface area contributed by atoms with E-state index >= 15 is 0 Å². The molecule has 0 aromatic heterocycles. The summed E-state index contributed by atoms with van der Waals surface area (Å²) < 4.78 is 27.8. The fraction of sp³-hybridized carbons (Fsp3) is 0.625. The second-order valence-corrected chi connectivity index (χ2v) is 7.70. The van der Waals surface area contributed by atoms with Gasteiger partial charge in [-0.15, -0.1) is 0 Å². The largest absolute Gasteiger partial charge is 0.309 e. The molecule has 0 aliphatic carbocycles. The fourth-order valence-corrected chi connectivity index (χ4v) is 4.10. The van der Waals surface area contributed by atoms with E-state index in [1.165, 1.54) is 0 Å². The summed E-state index contributed by atoms with van der Waals surface area (Å²) in [6.45, 7) is 9.13. The van der Waals surface area contributed by atoms with Crippen LogP contribution < -0.4 is 4.72 Å². The van der Waals surface area contributed by atoms with Crippen LogP contribution in [0.15, 0.2) is 11.0 Å². The zero-order valence-corrected chi connectivity index (χ0v) is 14.9. The van der Waals surface area contributed by atoms with Gasteiger partial charge in [0.1, 0.15) is 0 Å². The van der Waals surface area contributed by atoms with Gasteiger partial charge in [0.25, 0.3) is 0 Å². The van der Waals surface area contributed by atoms with Crippen molar-refractivity contribution in [2.75, 3.05) is 27.2 Å². The van der Waals surface area contributed by atoms with Crippen LogP contribution in [0.5, 0.6) is 0 Å². The third-order valence-electron chi connectivity index (χ3n) is 3.89. The van der Waals surface area contributed by atoms with Crippen LogP contribution in [-0.4, -0.2) is 40.5 Å². The van der Waals surface area contributed by atoms with Gasteiger partial charge in [-0.25, -0.2) is 13.1 Å². The third-order valence-corrected chi connectivity index (χ3v) is 5.62. The molecule has 0 bridgehead atoms. The topological polar surface area (TPSA) is 49.4 Å². The number of hydrogen-bond acceptors (Lipinski definition) is 3. The quantitative estimate of drug-likeness (QED) is 0.787. The highest BCUT2D eigenvalue weighted by molar-refractivity contribution is 7.89. The number of hydrogen-bond donors (Lipinski definition) is 1. The summed E-state index contributed by atoms with van der Waals surface area (Å²) in [6.07, 6.45) is 1.83. The predicted molar refractivity (Wildman–Crippen MR) is 88.4 cm³/mol. The highest BCUT2D eigenvalue weighted by Crippen LogP contribution is 2.25.